The summed E-state index contributed by atoms with van der Waals surface area (Å²) >= 11 is 5.11. The fourth-order valence-electron chi connectivity index (χ4n) is 2.25. The fraction of sp³-hybridized carbons (Fsp3) is 0.118. The van der Waals surface area contributed by atoms with Gasteiger partial charge in [0, 0.05) is 32.9 Å². The minimum Gasteiger partial charge on any atom is -0.388 e. The molecule has 0 bridgehead atoms. The molecule has 0 radical (unpaired) electrons. The van der Waals surface area contributed by atoms with Crippen LogP contribution in [0.2, 0.25) is 0 Å². The van der Waals surface area contributed by atoms with E-state index >= 15 is 0 Å². The second kappa shape index (κ2) is 6.60. The van der Waals surface area contributed by atoms with Crippen molar-refractivity contribution in [3.63, 3.8) is 0 Å². The quantitative estimate of drug-likeness (QED) is 0.677. The van der Waals surface area contributed by atoms with E-state index in [0.29, 0.717) is 5.75 Å². The van der Waals surface area contributed by atoms with Crippen molar-refractivity contribution >= 4 is 38.5 Å². The van der Waals surface area contributed by atoms with Crippen LogP contribution in [0.15, 0.2) is 70.3 Å². The third-order valence-corrected chi connectivity index (χ3v) is 4.84. The summed E-state index contributed by atoms with van der Waals surface area (Å²) in [6, 6.07) is 16.1. The Hall–Kier alpha value is -1.36. The lowest BCUT2D eigenvalue weighted by Gasteiger charge is -2.13. The Morgan fingerprint density at radius 2 is 2.00 bits per heavy atom. The van der Waals surface area contributed by atoms with Gasteiger partial charge in [0.25, 0.3) is 0 Å². The second-order valence-corrected chi connectivity index (χ2v) is 6.74. The van der Waals surface area contributed by atoms with Crippen molar-refractivity contribution in [3.8, 4) is 0 Å². The molecule has 1 heterocycles. The van der Waals surface area contributed by atoms with E-state index in [0.717, 1.165) is 25.7 Å². The van der Waals surface area contributed by atoms with Crippen molar-refractivity contribution in [2.24, 2.45) is 0 Å². The summed E-state index contributed by atoms with van der Waals surface area (Å²) in [6.07, 6.45) is 3.08. The maximum atomic E-state index is 10.5. The Morgan fingerprint density at radius 1 is 1.14 bits per heavy atom. The lowest BCUT2D eigenvalue weighted by Crippen LogP contribution is -2.01. The van der Waals surface area contributed by atoms with Crippen molar-refractivity contribution < 1.29 is 5.11 Å². The first-order valence-corrected chi connectivity index (χ1v) is 8.41. The third kappa shape index (κ3) is 3.46. The second-order valence-electron chi connectivity index (χ2n) is 4.73. The van der Waals surface area contributed by atoms with Crippen LogP contribution < -0.4 is 0 Å². The number of nitrogens with zero attached hydrogens (tertiary/aromatic N) is 1. The molecule has 1 aromatic heterocycles. The monoisotopic (exact) mass is 359 g/mol. The fourth-order valence-corrected chi connectivity index (χ4v) is 3.72. The highest BCUT2D eigenvalue weighted by molar-refractivity contribution is 9.10. The number of aromatic nitrogens is 1. The van der Waals surface area contributed by atoms with E-state index in [9.17, 15) is 5.11 Å². The molecule has 0 aliphatic rings. The molecule has 106 valence electrons. The Kier molecular flexibility index (Phi) is 4.58. The molecule has 21 heavy (non-hydrogen) atoms. The molecule has 0 fully saturated rings. The maximum Gasteiger partial charge on any atom is 0.0890 e. The molecule has 1 N–H and O–H groups in total. The maximum absolute atomic E-state index is 10.5. The zero-order valence-electron chi connectivity index (χ0n) is 11.2. The summed E-state index contributed by atoms with van der Waals surface area (Å²) in [7, 11) is 0. The topological polar surface area (TPSA) is 33.1 Å². The zero-order chi connectivity index (χ0) is 14.7. The van der Waals surface area contributed by atoms with E-state index in [2.05, 4.69) is 27.0 Å². The van der Waals surface area contributed by atoms with Gasteiger partial charge in [-0.3, -0.25) is 4.98 Å². The van der Waals surface area contributed by atoms with Crippen LogP contribution in [-0.4, -0.2) is 15.8 Å². The van der Waals surface area contributed by atoms with Crippen LogP contribution in [0.3, 0.4) is 0 Å². The Bertz CT molecular complexity index is 757. The van der Waals surface area contributed by atoms with Gasteiger partial charge in [-0.2, -0.15) is 0 Å². The van der Waals surface area contributed by atoms with Gasteiger partial charge in [0.2, 0.25) is 0 Å². The van der Waals surface area contributed by atoms with Gasteiger partial charge in [-0.15, -0.1) is 11.8 Å². The SMILES string of the molecule is OC(CSc1cccc(Br)c1)c1cccc2ccncc12. The smallest absolute Gasteiger partial charge is 0.0890 e. The van der Waals surface area contributed by atoms with E-state index in [1.54, 1.807) is 18.0 Å². The van der Waals surface area contributed by atoms with E-state index in [-0.39, 0.29) is 0 Å². The van der Waals surface area contributed by atoms with E-state index in [1.807, 2.05) is 48.7 Å². The minimum atomic E-state index is -0.512. The molecule has 1 unspecified atom stereocenters. The van der Waals surface area contributed by atoms with Gasteiger partial charge in [0.1, 0.15) is 0 Å². The summed E-state index contributed by atoms with van der Waals surface area (Å²) in [5, 5.41) is 12.6. The first-order chi connectivity index (χ1) is 10.2. The van der Waals surface area contributed by atoms with Crippen molar-refractivity contribution in [1.29, 1.82) is 0 Å². The van der Waals surface area contributed by atoms with Crippen LogP contribution in [0, 0.1) is 0 Å². The highest BCUT2D eigenvalue weighted by Crippen LogP contribution is 2.29. The molecule has 3 rings (SSSR count). The number of hydrogen-bond acceptors (Lipinski definition) is 3. The number of aliphatic hydroxyl groups excluding tert-OH is 1. The van der Waals surface area contributed by atoms with Gasteiger partial charge < -0.3 is 5.11 Å². The molecule has 0 saturated carbocycles. The van der Waals surface area contributed by atoms with Gasteiger partial charge in [-0.1, -0.05) is 40.2 Å². The number of fused-ring (bicyclic) bond motifs is 1. The van der Waals surface area contributed by atoms with Crippen LogP contribution in [0.1, 0.15) is 11.7 Å². The predicted molar refractivity (Wildman–Crippen MR) is 91.6 cm³/mol. The molecule has 0 saturated heterocycles. The number of hydrogen-bond donors (Lipinski definition) is 1. The van der Waals surface area contributed by atoms with Crippen LogP contribution in [-0.2, 0) is 0 Å². The van der Waals surface area contributed by atoms with Crippen molar-refractivity contribution in [1.82, 2.24) is 4.98 Å². The molecule has 3 aromatic rings. The standard InChI is InChI=1S/C17H14BrNOS/c18-13-4-2-5-14(9-13)21-11-17(20)15-6-1-3-12-7-8-19-10-16(12)15/h1-10,17,20H,11H2. The summed E-state index contributed by atoms with van der Waals surface area (Å²) in [4.78, 5) is 5.30. The van der Waals surface area contributed by atoms with Gasteiger partial charge in [-0.25, -0.2) is 0 Å². The number of pyridine rings is 1. The number of aliphatic hydroxyl groups is 1. The number of benzene rings is 2. The Labute approximate surface area is 136 Å². The zero-order valence-corrected chi connectivity index (χ0v) is 13.6. The molecule has 0 amide bonds. The van der Waals surface area contributed by atoms with Crippen LogP contribution in [0.25, 0.3) is 10.8 Å². The van der Waals surface area contributed by atoms with Crippen LogP contribution >= 0.6 is 27.7 Å². The summed E-state index contributed by atoms with van der Waals surface area (Å²) < 4.78 is 1.05. The van der Waals surface area contributed by atoms with Crippen LogP contribution in [0.4, 0.5) is 0 Å². The van der Waals surface area contributed by atoms with Crippen molar-refractivity contribution in [2.45, 2.75) is 11.0 Å². The Balaban J connectivity index is 1.79. The molecule has 2 nitrogen and oxygen atoms in total. The summed E-state index contributed by atoms with van der Waals surface area (Å²) in [5.41, 5.74) is 0.933. The van der Waals surface area contributed by atoms with Crippen molar-refractivity contribution in [2.75, 3.05) is 5.75 Å². The average molecular weight is 360 g/mol. The van der Waals surface area contributed by atoms with E-state index in [4.69, 9.17) is 0 Å². The lowest BCUT2D eigenvalue weighted by atomic mass is 10.0. The molecule has 1 atom stereocenters. The first kappa shape index (κ1) is 14.6. The summed E-state index contributed by atoms with van der Waals surface area (Å²) in [6.45, 7) is 0. The van der Waals surface area contributed by atoms with E-state index < -0.39 is 6.10 Å². The summed E-state index contributed by atoms with van der Waals surface area (Å²) in [5.74, 6) is 0.616. The molecule has 0 aliphatic carbocycles. The molecular formula is C17H14BrNOS. The number of halogens is 1. The van der Waals surface area contributed by atoms with Gasteiger partial charge in [0.05, 0.1) is 6.10 Å². The molecule has 0 aliphatic heterocycles. The van der Waals surface area contributed by atoms with Crippen LogP contribution in [0.5, 0.6) is 0 Å². The first-order valence-electron chi connectivity index (χ1n) is 6.63. The average Bonchev–Trinajstić information content (AvgIpc) is 2.52. The highest BCUT2D eigenvalue weighted by Gasteiger charge is 2.11. The lowest BCUT2D eigenvalue weighted by molar-refractivity contribution is 0.205. The third-order valence-electron chi connectivity index (χ3n) is 3.28. The minimum absolute atomic E-state index is 0.512. The van der Waals surface area contributed by atoms with Gasteiger partial charge >= 0.3 is 0 Å². The largest absolute Gasteiger partial charge is 0.388 e. The predicted octanol–water partition coefficient (Wildman–Crippen LogP) is 4.82. The Morgan fingerprint density at radius 3 is 2.86 bits per heavy atom. The van der Waals surface area contributed by atoms with Gasteiger partial charge in [0.15, 0.2) is 0 Å². The normalized spacial score (nSPS) is 12.5. The molecule has 2 aromatic carbocycles. The van der Waals surface area contributed by atoms with Crippen molar-refractivity contribution in [3.05, 3.63) is 71.0 Å². The molecule has 0 spiro atoms. The molecular weight excluding hydrogens is 346 g/mol. The molecule has 4 heteroatoms. The highest BCUT2D eigenvalue weighted by atomic mass is 79.9. The van der Waals surface area contributed by atoms with Gasteiger partial charge in [-0.05, 0) is 35.2 Å². The number of thioether (sulfide) groups is 1. The van der Waals surface area contributed by atoms with E-state index in [1.165, 1.54) is 0 Å². The number of rotatable bonds is 4.